The highest BCUT2D eigenvalue weighted by molar-refractivity contribution is 9.10. The van der Waals surface area contributed by atoms with Crippen molar-refractivity contribution < 1.29 is 14.0 Å². The van der Waals surface area contributed by atoms with Gasteiger partial charge >= 0.3 is 0 Å². The summed E-state index contributed by atoms with van der Waals surface area (Å²) < 4.78 is 17.4. The van der Waals surface area contributed by atoms with Gasteiger partial charge in [0.25, 0.3) is 5.89 Å². The third kappa shape index (κ3) is 2.93. The molecule has 2 aromatic rings. The van der Waals surface area contributed by atoms with Gasteiger partial charge < -0.3 is 19.7 Å². The van der Waals surface area contributed by atoms with Crippen molar-refractivity contribution in [3.63, 3.8) is 0 Å². The minimum atomic E-state index is -0.435. The lowest BCUT2D eigenvalue weighted by atomic mass is 9.99. The largest absolute Gasteiger partial charge is 0.486 e. The molecule has 0 saturated heterocycles. The van der Waals surface area contributed by atoms with E-state index in [2.05, 4.69) is 26.1 Å². The molecule has 0 atom stereocenters. The third-order valence-corrected chi connectivity index (χ3v) is 5.01. The van der Waals surface area contributed by atoms with Crippen LogP contribution in [0.2, 0.25) is 0 Å². The molecule has 0 spiro atoms. The zero-order chi connectivity index (χ0) is 16.6. The van der Waals surface area contributed by atoms with Crippen LogP contribution >= 0.6 is 15.9 Å². The smallest absolute Gasteiger partial charge is 0.250 e. The summed E-state index contributed by atoms with van der Waals surface area (Å²) in [7, 11) is 0. The topological polar surface area (TPSA) is 83.4 Å². The molecule has 2 N–H and O–H groups in total. The molecule has 0 amide bonds. The number of aromatic nitrogens is 2. The first-order valence-electron chi connectivity index (χ1n) is 8.04. The van der Waals surface area contributed by atoms with Crippen LogP contribution in [0.4, 0.5) is 0 Å². The molecule has 0 radical (unpaired) electrons. The molecule has 1 saturated carbocycles. The van der Waals surface area contributed by atoms with Crippen LogP contribution in [0.5, 0.6) is 11.5 Å². The number of hydrogen-bond acceptors (Lipinski definition) is 6. The summed E-state index contributed by atoms with van der Waals surface area (Å²) >= 11 is 3.51. The lowest BCUT2D eigenvalue weighted by Gasteiger charge is -2.19. The molecule has 1 aliphatic heterocycles. The van der Waals surface area contributed by atoms with Gasteiger partial charge in [-0.15, -0.1) is 0 Å². The Morgan fingerprint density at radius 2 is 1.92 bits per heavy atom. The molecule has 2 aliphatic rings. The van der Waals surface area contributed by atoms with Crippen LogP contribution in [0.15, 0.2) is 21.1 Å². The average Bonchev–Trinajstić information content (AvgIpc) is 3.23. The second-order valence-corrected chi connectivity index (χ2v) is 7.03. The summed E-state index contributed by atoms with van der Waals surface area (Å²) in [6.45, 7) is 1.12. The Morgan fingerprint density at radius 1 is 1.12 bits per heavy atom. The number of rotatable bonds is 3. The van der Waals surface area contributed by atoms with E-state index >= 15 is 0 Å². The minimum absolute atomic E-state index is 0.435. The summed E-state index contributed by atoms with van der Waals surface area (Å²) in [6, 6.07) is 3.89. The maximum atomic E-state index is 6.35. The van der Waals surface area contributed by atoms with Gasteiger partial charge in [0, 0.05) is 6.08 Å². The Kier molecular flexibility index (Phi) is 4.05. The Morgan fingerprint density at radius 3 is 2.75 bits per heavy atom. The standard InChI is InChI=1S/C17H18BrN3O3/c18-12-9-11(10-13-15(12)23-8-7-22-13)3-4-14-20-16(21-24-14)17(19)5-1-2-6-17/h3-4,9-10H,1-2,5-8,19H2/b4-3+. The van der Waals surface area contributed by atoms with E-state index in [4.69, 9.17) is 19.7 Å². The first kappa shape index (κ1) is 15.7. The monoisotopic (exact) mass is 391 g/mol. The zero-order valence-corrected chi connectivity index (χ0v) is 14.7. The molecule has 1 aliphatic carbocycles. The molecule has 4 rings (SSSR count). The van der Waals surface area contributed by atoms with E-state index in [-0.39, 0.29) is 0 Å². The van der Waals surface area contributed by atoms with Gasteiger partial charge in [-0.2, -0.15) is 4.98 Å². The van der Waals surface area contributed by atoms with E-state index in [1.807, 2.05) is 18.2 Å². The molecule has 126 valence electrons. The molecular weight excluding hydrogens is 374 g/mol. The van der Waals surface area contributed by atoms with E-state index < -0.39 is 5.54 Å². The average molecular weight is 392 g/mol. The molecule has 2 heterocycles. The van der Waals surface area contributed by atoms with Crippen LogP contribution in [0, 0.1) is 0 Å². The molecule has 24 heavy (non-hydrogen) atoms. The van der Waals surface area contributed by atoms with Crippen molar-refractivity contribution in [2.45, 2.75) is 31.2 Å². The predicted molar refractivity (Wildman–Crippen MR) is 92.7 cm³/mol. The predicted octanol–water partition coefficient (Wildman–Crippen LogP) is 3.50. The van der Waals surface area contributed by atoms with Crippen molar-refractivity contribution in [2.75, 3.05) is 13.2 Å². The summed E-state index contributed by atoms with van der Waals surface area (Å²) in [5.41, 5.74) is 6.87. The number of hydrogen-bond donors (Lipinski definition) is 1. The number of halogens is 1. The van der Waals surface area contributed by atoms with E-state index in [1.54, 1.807) is 6.08 Å². The fraction of sp³-hybridized carbons (Fsp3) is 0.412. The molecule has 7 heteroatoms. The fourth-order valence-corrected chi connectivity index (χ4v) is 3.70. The Hall–Kier alpha value is -1.86. The van der Waals surface area contributed by atoms with Gasteiger partial charge in [0.05, 0.1) is 10.0 Å². The first-order chi connectivity index (χ1) is 11.6. The first-order valence-corrected chi connectivity index (χ1v) is 8.84. The van der Waals surface area contributed by atoms with Crippen molar-refractivity contribution >= 4 is 28.1 Å². The number of ether oxygens (including phenoxy) is 2. The van der Waals surface area contributed by atoms with Crippen LogP contribution in [0.1, 0.15) is 43.0 Å². The van der Waals surface area contributed by atoms with E-state index in [0.29, 0.717) is 24.9 Å². The molecular formula is C17H18BrN3O3. The van der Waals surface area contributed by atoms with Gasteiger partial charge in [0.2, 0.25) is 0 Å². The van der Waals surface area contributed by atoms with Crippen LogP contribution < -0.4 is 15.2 Å². The molecule has 1 fully saturated rings. The second kappa shape index (κ2) is 6.22. The maximum Gasteiger partial charge on any atom is 0.250 e. The molecule has 0 unspecified atom stereocenters. The third-order valence-electron chi connectivity index (χ3n) is 4.42. The minimum Gasteiger partial charge on any atom is -0.486 e. The second-order valence-electron chi connectivity index (χ2n) is 6.18. The number of benzene rings is 1. The lowest BCUT2D eigenvalue weighted by Crippen LogP contribution is -2.34. The zero-order valence-electron chi connectivity index (χ0n) is 13.1. The van der Waals surface area contributed by atoms with Crippen LogP contribution in [-0.4, -0.2) is 23.4 Å². The molecule has 1 aromatic carbocycles. The van der Waals surface area contributed by atoms with Crippen LogP contribution in [0.3, 0.4) is 0 Å². The van der Waals surface area contributed by atoms with Gasteiger partial charge in [-0.25, -0.2) is 0 Å². The van der Waals surface area contributed by atoms with E-state index in [1.165, 1.54) is 0 Å². The van der Waals surface area contributed by atoms with Crippen molar-refractivity contribution in [2.24, 2.45) is 5.73 Å². The summed E-state index contributed by atoms with van der Waals surface area (Å²) in [4.78, 5) is 4.43. The van der Waals surface area contributed by atoms with Crippen molar-refractivity contribution in [3.8, 4) is 11.5 Å². The Balaban J connectivity index is 1.55. The fourth-order valence-electron chi connectivity index (χ4n) is 3.13. The maximum absolute atomic E-state index is 6.35. The van der Waals surface area contributed by atoms with Gasteiger partial charge in [-0.05, 0) is 52.5 Å². The molecule has 6 nitrogen and oxygen atoms in total. The number of nitrogens with zero attached hydrogens (tertiary/aromatic N) is 2. The Bertz CT molecular complexity index is 781. The van der Waals surface area contributed by atoms with E-state index in [0.717, 1.165) is 47.2 Å². The number of fused-ring (bicyclic) bond motifs is 1. The van der Waals surface area contributed by atoms with Crippen LogP contribution in [0.25, 0.3) is 12.2 Å². The highest BCUT2D eigenvalue weighted by Gasteiger charge is 2.35. The lowest BCUT2D eigenvalue weighted by molar-refractivity contribution is 0.170. The highest BCUT2D eigenvalue weighted by Crippen LogP contribution is 2.39. The molecule has 1 aromatic heterocycles. The summed E-state index contributed by atoms with van der Waals surface area (Å²) in [5, 5.41) is 4.05. The highest BCUT2D eigenvalue weighted by atomic mass is 79.9. The van der Waals surface area contributed by atoms with Gasteiger partial charge in [0.15, 0.2) is 17.3 Å². The number of nitrogens with two attached hydrogens (primary N) is 1. The summed E-state index contributed by atoms with van der Waals surface area (Å²) in [5.74, 6) is 2.52. The Labute approximate surface area is 148 Å². The quantitative estimate of drug-likeness (QED) is 0.861. The van der Waals surface area contributed by atoms with Gasteiger partial charge in [-0.1, -0.05) is 18.0 Å². The normalized spacial score (nSPS) is 19.1. The van der Waals surface area contributed by atoms with Gasteiger partial charge in [0.1, 0.15) is 13.2 Å². The van der Waals surface area contributed by atoms with Crippen molar-refractivity contribution in [1.29, 1.82) is 0 Å². The van der Waals surface area contributed by atoms with Crippen LogP contribution in [-0.2, 0) is 5.54 Å². The van der Waals surface area contributed by atoms with E-state index in [9.17, 15) is 0 Å². The van der Waals surface area contributed by atoms with Crippen molar-refractivity contribution in [3.05, 3.63) is 33.9 Å². The summed E-state index contributed by atoms with van der Waals surface area (Å²) in [6.07, 6.45) is 7.73. The van der Waals surface area contributed by atoms with Gasteiger partial charge in [-0.3, -0.25) is 0 Å². The van der Waals surface area contributed by atoms with Crippen molar-refractivity contribution in [1.82, 2.24) is 10.1 Å². The SMILES string of the molecule is NC1(c2noc(/C=C/c3cc(Br)c4c(c3)OCCO4)n2)CCCC1. The molecule has 0 bridgehead atoms.